The predicted molar refractivity (Wildman–Crippen MR) is 106 cm³/mol. The standard InChI is InChI=1S/C21H24N2O4/c1-4-6-17-13-19(23(25)26)11-12-20(17)27-14-21(24)22-18-9-7-16(8-10-18)15(3)5-2/h4,7-13,15H,1,5-6,14H2,2-3H3,(H,22,24)/t15-/m1/s1. The first-order valence-electron chi connectivity index (χ1n) is 8.85. The van der Waals surface area contributed by atoms with Crippen molar-refractivity contribution in [3.63, 3.8) is 0 Å². The lowest BCUT2D eigenvalue weighted by molar-refractivity contribution is -0.384. The van der Waals surface area contributed by atoms with Crippen molar-refractivity contribution in [2.75, 3.05) is 11.9 Å². The molecule has 0 unspecified atom stereocenters. The average Bonchev–Trinajstić information content (AvgIpc) is 2.67. The molecule has 1 N–H and O–H groups in total. The summed E-state index contributed by atoms with van der Waals surface area (Å²) in [7, 11) is 0. The molecule has 0 spiro atoms. The molecule has 1 atom stereocenters. The van der Waals surface area contributed by atoms with Gasteiger partial charge >= 0.3 is 0 Å². The number of ether oxygens (including phenoxy) is 1. The maximum absolute atomic E-state index is 12.1. The Morgan fingerprint density at radius 1 is 1.30 bits per heavy atom. The van der Waals surface area contributed by atoms with Crippen LogP contribution >= 0.6 is 0 Å². The van der Waals surface area contributed by atoms with Gasteiger partial charge in [-0.3, -0.25) is 14.9 Å². The third kappa shape index (κ3) is 5.67. The molecule has 2 aromatic carbocycles. The normalized spacial score (nSPS) is 11.5. The van der Waals surface area contributed by atoms with Crippen molar-refractivity contribution >= 4 is 17.3 Å². The SMILES string of the molecule is C=CCc1cc([N+](=O)[O-])ccc1OCC(=O)Nc1ccc([C@H](C)CC)cc1. The molecule has 0 heterocycles. The highest BCUT2D eigenvalue weighted by atomic mass is 16.6. The smallest absolute Gasteiger partial charge is 0.269 e. The number of non-ortho nitro benzene ring substituents is 1. The minimum Gasteiger partial charge on any atom is -0.483 e. The van der Waals surface area contributed by atoms with Gasteiger partial charge in [0, 0.05) is 23.4 Å². The number of hydrogen-bond donors (Lipinski definition) is 1. The van der Waals surface area contributed by atoms with Crippen LogP contribution in [-0.2, 0) is 11.2 Å². The molecule has 1 amide bonds. The number of carbonyl (C=O) groups is 1. The Kier molecular flexibility index (Phi) is 7.11. The number of amides is 1. The number of hydrogen-bond acceptors (Lipinski definition) is 4. The van der Waals surface area contributed by atoms with Crippen LogP contribution in [0.4, 0.5) is 11.4 Å². The van der Waals surface area contributed by atoms with Crippen LogP contribution in [0.2, 0.25) is 0 Å². The molecule has 0 saturated carbocycles. The summed E-state index contributed by atoms with van der Waals surface area (Å²) in [6.45, 7) is 7.75. The summed E-state index contributed by atoms with van der Waals surface area (Å²) in [5.41, 5.74) is 2.52. The van der Waals surface area contributed by atoms with Crippen molar-refractivity contribution in [3.8, 4) is 5.75 Å². The van der Waals surface area contributed by atoms with Crippen LogP contribution in [0.1, 0.15) is 37.3 Å². The van der Waals surface area contributed by atoms with Crippen LogP contribution in [0.5, 0.6) is 5.75 Å². The Bertz CT molecular complexity index is 815. The van der Waals surface area contributed by atoms with Crippen molar-refractivity contribution < 1.29 is 14.5 Å². The lowest BCUT2D eigenvalue weighted by atomic mass is 9.99. The average molecular weight is 368 g/mol. The van der Waals surface area contributed by atoms with Crippen molar-refractivity contribution in [2.24, 2.45) is 0 Å². The molecule has 6 heteroatoms. The Morgan fingerprint density at radius 2 is 2.00 bits per heavy atom. The monoisotopic (exact) mass is 368 g/mol. The first-order valence-corrected chi connectivity index (χ1v) is 8.85. The number of nitrogens with zero attached hydrogens (tertiary/aromatic N) is 1. The fourth-order valence-corrected chi connectivity index (χ4v) is 2.61. The highest BCUT2D eigenvalue weighted by molar-refractivity contribution is 5.91. The number of nitro benzene ring substituents is 1. The van der Waals surface area contributed by atoms with E-state index in [9.17, 15) is 14.9 Å². The van der Waals surface area contributed by atoms with Gasteiger partial charge in [0.1, 0.15) is 5.75 Å². The van der Waals surface area contributed by atoms with Gasteiger partial charge in [-0.1, -0.05) is 32.1 Å². The van der Waals surface area contributed by atoms with E-state index in [2.05, 4.69) is 25.7 Å². The molecule has 0 radical (unpaired) electrons. The number of benzene rings is 2. The molecule has 0 saturated heterocycles. The van der Waals surface area contributed by atoms with Crippen LogP contribution < -0.4 is 10.1 Å². The second kappa shape index (κ2) is 9.52. The van der Waals surface area contributed by atoms with E-state index < -0.39 is 4.92 Å². The molecular formula is C21H24N2O4. The van der Waals surface area contributed by atoms with Crippen molar-refractivity contribution in [1.82, 2.24) is 0 Å². The van der Waals surface area contributed by atoms with E-state index >= 15 is 0 Å². The third-order valence-corrected chi connectivity index (χ3v) is 4.35. The van der Waals surface area contributed by atoms with E-state index in [1.165, 1.54) is 23.8 Å². The number of nitrogens with one attached hydrogen (secondary N) is 1. The predicted octanol–water partition coefficient (Wildman–Crippen LogP) is 4.85. The van der Waals surface area contributed by atoms with Crippen LogP contribution in [0.25, 0.3) is 0 Å². The maximum Gasteiger partial charge on any atom is 0.269 e. The zero-order chi connectivity index (χ0) is 19.8. The van der Waals surface area contributed by atoms with Gasteiger partial charge in [-0.25, -0.2) is 0 Å². The summed E-state index contributed by atoms with van der Waals surface area (Å²) >= 11 is 0. The summed E-state index contributed by atoms with van der Waals surface area (Å²) in [6.07, 6.45) is 3.10. The molecular weight excluding hydrogens is 344 g/mol. The van der Waals surface area contributed by atoms with Gasteiger partial charge in [0.25, 0.3) is 11.6 Å². The molecule has 0 bridgehead atoms. The molecule has 0 aliphatic heterocycles. The molecule has 6 nitrogen and oxygen atoms in total. The van der Waals surface area contributed by atoms with E-state index in [-0.39, 0.29) is 18.2 Å². The van der Waals surface area contributed by atoms with Crippen LogP contribution in [0.3, 0.4) is 0 Å². The van der Waals surface area contributed by atoms with Gasteiger partial charge in [-0.05, 0) is 42.5 Å². The molecule has 142 valence electrons. The molecule has 0 fully saturated rings. The molecule has 0 aliphatic carbocycles. The largest absolute Gasteiger partial charge is 0.483 e. The highest BCUT2D eigenvalue weighted by Crippen LogP contribution is 2.25. The maximum atomic E-state index is 12.1. The minimum absolute atomic E-state index is 0.0231. The van der Waals surface area contributed by atoms with E-state index in [0.29, 0.717) is 29.3 Å². The van der Waals surface area contributed by atoms with Crippen molar-refractivity contribution in [1.29, 1.82) is 0 Å². The number of carbonyl (C=O) groups excluding carboxylic acids is 1. The van der Waals surface area contributed by atoms with Gasteiger partial charge < -0.3 is 10.1 Å². The molecule has 2 aromatic rings. The quantitative estimate of drug-likeness (QED) is 0.389. The van der Waals surface area contributed by atoms with Gasteiger partial charge in [-0.2, -0.15) is 0 Å². The summed E-state index contributed by atoms with van der Waals surface area (Å²) in [4.78, 5) is 22.6. The first kappa shape index (κ1) is 20.2. The van der Waals surface area contributed by atoms with E-state index in [4.69, 9.17) is 4.74 Å². The van der Waals surface area contributed by atoms with Gasteiger partial charge in [0.05, 0.1) is 4.92 Å². The summed E-state index contributed by atoms with van der Waals surface area (Å²) in [5.74, 6) is 0.612. The highest BCUT2D eigenvalue weighted by Gasteiger charge is 2.12. The molecule has 0 aliphatic rings. The number of anilines is 1. The zero-order valence-electron chi connectivity index (χ0n) is 15.6. The second-order valence-corrected chi connectivity index (χ2v) is 6.31. The van der Waals surface area contributed by atoms with Gasteiger partial charge in [-0.15, -0.1) is 6.58 Å². The second-order valence-electron chi connectivity index (χ2n) is 6.31. The van der Waals surface area contributed by atoms with Crippen LogP contribution in [0, 0.1) is 10.1 Å². The van der Waals surface area contributed by atoms with Gasteiger partial charge in [0.15, 0.2) is 6.61 Å². The number of rotatable bonds is 9. The number of nitro groups is 1. The van der Waals surface area contributed by atoms with E-state index in [1.54, 1.807) is 6.08 Å². The fraction of sp³-hybridized carbons (Fsp3) is 0.286. The Hall–Kier alpha value is -3.15. The van der Waals surface area contributed by atoms with Crippen molar-refractivity contribution in [3.05, 3.63) is 76.4 Å². The van der Waals surface area contributed by atoms with Gasteiger partial charge in [0.2, 0.25) is 0 Å². The van der Waals surface area contributed by atoms with E-state index in [0.717, 1.165) is 6.42 Å². The lowest BCUT2D eigenvalue weighted by Gasteiger charge is -2.12. The zero-order valence-corrected chi connectivity index (χ0v) is 15.6. The molecule has 27 heavy (non-hydrogen) atoms. The fourth-order valence-electron chi connectivity index (χ4n) is 2.61. The van der Waals surface area contributed by atoms with E-state index in [1.807, 2.05) is 24.3 Å². The summed E-state index contributed by atoms with van der Waals surface area (Å²) in [6, 6.07) is 12.0. The van der Waals surface area contributed by atoms with Crippen LogP contribution in [-0.4, -0.2) is 17.4 Å². The third-order valence-electron chi connectivity index (χ3n) is 4.35. The Labute approximate surface area is 159 Å². The first-order chi connectivity index (χ1) is 12.9. The van der Waals surface area contributed by atoms with Crippen LogP contribution in [0.15, 0.2) is 55.1 Å². The Morgan fingerprint density at radius 3 is 2.59 bits per heavy atom. The molecule has 0 aromatic heterocycles. The lowest BCUT2D eigenvalue weighted by Crippen LogP contribution is -2.20. The van der Waals surface area contributed by atoms with Crippen molar-refractivity contribution in [2.45, 2.75) is 32.6 Å². The Balaban J connectivity index is 1.98. The molecule has 2 rings (SSSR count). The minimum atomic E-state index is -0.466. The topological polar surface area (TPSA) is 81.5 Å². The summed E-state index contributed by atoms with van der Waals surface area (Å²) in [5, 5.41) is 13.7. The number of allylic oxidation sites excluding steroid dienone is 1. The summed E-state index contributed by atoms with van der Waals surface area (Å²) < 4.78 is 5.56.